The van der Waals surface area contributed by atoms with Crippen LogP contribution >= 0.6 is 0 Å². The lowest BCUT2D eigenvalue weighted by Crippen LogP contribution is -2.29. The molecule has 2 aromatic rings. The Labute approximate surface area is 118 Å². The maximum atomic E-state index is 12.1. The van der Waals surface area contributed by atoms with Gasteiger partial charge in [-0.25, -0.2) is 9.97 Å². The molecule has 0 spiro atoms. The maximum absolute atomic E-state index is 12.1. The first kappa shape index (κ1) is 15.2. The van der Waals surface area contributed by atoms with Crippen LogP contribution in [0.15, 0.2) is 43.0 Å². The minimum atomic E-state index is -4.69. The van der Waals surface area contributed by atoms with Crippen LogP contribution in [0.2, 0.25) is 0 Å². The van der Waals surface area contributed by atoms with Crippen molar-refractivity contribution in [3.63, 3.8) is 0 Å². The number of aromatic nitrogens is 2. The van der Waals surface area contributed by atoms with Gasteiger partial charge in [0.1, 0.15) is 12.1 Å². The molecule has 3 N–H and O–H groups in total. The average Bonchev–Trinajstić information content (AvgIpc) is 2.46. The molecule has 0 aliphatic rings. The predicted octanol–water partition coefficient (Wildman–Crippen LogP) is 2.12. The molecular formula is C13H13F3N4O. The van der Waals surface area contributed by atoms with Crippen LogP contribution in [0.3, 0.4) is 0 Å². The second kappa shape index (κ2) is 6.51. The molecule has 1 aromatic heterocycles. The van der Waals surface area contributed by atoms with Crippen LogP contribution in [0.4, 0.5) is 13.2 Å². The van der Waals surface area contributed by atoms with Gasteiger partial charge in [-0.05, 0) is 24.1 Å². The highest BCUT2D eigenvalue weighted by atomic mass is 19.4. The van der Waals surface area contributed by atoms with Gasteiger partial charge in [-0.2, -0.15) is 0 Å². The molecule has 8 heteroatoms. The van der Waals surface area contributed by atoms with Gasteiger partial charge >= 0.3 is 6.36 Å². The average molecular weight is 298 g/mol. The van der Waals surface area contributed by atoms with Gasteiger partial charge in [-0.15, -0.1) is 13.2 Å². The van der Waals surface area contributed by atoms with Crippen LogP contribution in [-0.2, 0) is 6.42 Å². The van der Waals surface area contributed by atoms with Crippen LogP contribution in [0, 0.1) is 0 Å². The molecule has 0 bridgehead atoms. The van der Waals surface area contributed by atoms with E-state index in [1.165, 1.54) is 18.5 Å². The Kier molecular flexibility index (Phi) is 4.71. The number of nitrogens with zero attached hydrogens (tertiary/aromatic N) is 2. The van der Waals surface area contributed by atoms with Crippen molar-refractivity contribution in [2.45, 2.75) is 18.8 Å². The SMILES string of the molecule is NNC(Cc1ccc(OC(F)(F)F)cc1)c1cncnc1. The number of benzene rings is 1. The summed E-state index contributed by atoms with van der Waals surface area (Å²) in [7, 11) is 0. The number of alkyl halides is 3. The van der Waals surface area contributed by atoms with E-state index >= 15 is 0 Å². The number of nitrogens with two attached hydrogens (primary N) is 1. The maximum Gasteiger partial charge on any atom is 0.573 e. The van der Waals surface area contributed by atoms with Crippen LogP contribution in [0.25, 0.3) is 0 Å². The van der Waals surface area contributed by atoms with Gasteiger partial charge in [0.05, 0.1) is 6.04 Å². The topological polar surface area (TPSA) is 73.1 Å². The molecule has 1 aromatic carbocycles. The molecule has 112 valence electrons. The fourth-order valence-electron chi connectivity index (χ4n) is 1.83. The molecule has 1 heterocycles. The molecule has 0 fully saturated rings. The largest absolute Gasteiger partial charge is 0.573 e. The summed E-state index contributed by atoms with van der Waals surface area (Å²) >= 11 is 0. The Morgan fingerprint density at radius 1 is 1.14 bits per heavy atom. The highest BCUT2D eigenvalue weighted by Gasteiger charge is 2.30. The third-order valence-electron chi connectivity index (χ3n) is 2.78. The minimum absolute atomic E-state index is 0.236. The van der Waals surface area contributed by atoms with Crippen molar-refractivity contribution in [1.29, 1.82) is 0 Å². The van der Waals surface area contributed by atoms with Gasteiger partial charge < -0.3 is 4.74 Å². The van der Waals surface area contributed by atoms with Gasteiger partial charge in [0.15, 0.2) is 0 Å². The number of ether oxygens (including phenoxy) is 1. The van der Waals surface area contributed by atoms with E-state index in [1.807, 2.05) is 0 Å². The monoisotopic (exact) mass is 298 g/mol. The lowest BCUT2D eigenvalue weighted by molar-refractivity contribution is -0.274. The predicted molar refractivity (Wildman–Crippen MR) is 68.9 cm³/mol. The summed E-state index contributed by atoms with van der Waals surface area (Å²) < 4.78 is 40.0. The number of rotatable bonds is 5. The molecule has 1 atom stereocenters. The van der Waals surface area contributed by atoms with Crippen LogP contribution in [0.1, 0.15) is 17.2 Å². The highest BCUT2D eigenvalue weighted by Crippen LogP contribution is 2.24. The number of nitrogens with one attached hydrogen (secondary N) is 1. The number of hydrogen-bond acceptors (Lipinski definition) is 5. The Bertz CT molecular complexity index is 560. The second-order valence-electron chi connectivity index (χ2n) is 4.29. The van der Waals surface area contributed by atoms with Crippen molar-refractivity contribution in [2.75, 3.05) is 0 Å². The summed E-state index contributed by atoms with van der Waals surface area (Å²) in [6.45, 7) is 0. The molecule has 0 radical (unpaired) electrons. The Morgan fingerprint density at radius 2 is 1.76 bits per heavy atom. The second-order valence-corrected chi connectivity index (χ2v) is 4.29. The van der Waals surface area contributed by atoms with E-state index in [0.29, 0.717) is 6.42 Å². The van der Waals surface area contributed by atoms with Gasteiger partial charge in [0.25, 0.3) is 0 Å². The van der Waals surface area contributed by atoms with E-state index in [0.717, 1.165) is 11.1 Å². The first-order chi connectivity index (χ1) is 9.98. The summed E-state index contributed by atoms with van der Waals surface area (Å²) in [6, 6.07) is 5.39. The fraction of sp³-hybridized carbons (Fsp3) is 0.231. The van der Waals surface area contributed by atoms with E-state index in [2.05, 4.69) is 20.1 Å². The Hall–Kier alpha value is -2.19. The summed E-state index contributed by atoms with van der Waals surface area (Å²) in [4.78, 5) is 7.80. The molecule has 21 heavy (non-hydrogen) atoms. The van der Waals surface area contributed by atoms with Crippen LogP contribution in [0.5, 0.6) is 5.75 Å². The normalized spacial score (nSPS) is 13.0. The third kappa shape index (κ3) is 4.69. The van der Waals surface area contributed by atoms with E-state index in [-0.39, 0.29) is 11.8 Å². The van der Waals surface area contributed by atoms with Crippen molar-refractivity contribution in [3.05, 3.63) is 54.1 Å². The van der Waals surface area contributed by atoms with Crippen molar-refractivity contribution >= 4 is 0 Å². The number of hydrazine groups is 1. The van der Waals surface area contributed by atoms with Crippen molar-refractivity contribution < 1.29 is 17.9 Å². The third-order valence-corrected chi connectivity index (χ3v) is 2.78. The summed E-state index contributed by atoms with van der Waals surface area (Å²) in [5, 5.41) is 0. The van der Waals surface area contributed by atoms with Crippen LogP contribution in [-0.4, -0.2) is 16.3 Å². The van der Waals surface area contributed by atoms with Gasteiger partial charge in [-0.1, -0.05) is 12.1 Å². The van der Waals surface area contributed by atoms with Crippen molar-refractivity contribution in [3.8, 4) is 5.75 Å². The minimum Gasteiger partial charge on any atom is -0.406 e. The van der Waals surface area contributed by atoms with E-state index in [4.69, 9.17) is 5.84 Å². The van der Waals surface area contributed by atoms with Crippen molar-refractivity contribution in [2.24, 2.45) is 5.84 Å². The van der Waals surface area contributed by atoms with E-state index < -0.39 is 6.36 Å². The molecule has 0 amide bonds. The number of halogens is 3. The number of hydrogen-bond donors (Lipinski definition) is 2. The van der Waals surface area contributed by atoms with Gasteiger partial charge in [0.2, 0.25) is 0 Å². The van der Waals surface area contributed by atoms with Gasteiger partial charge in [0, 0.05) is 18.0 Å². The molecule has 0 aliphatic carbocycles. The molecule has 0 saturated heterocycles. The zero-order valence-electron chi connectivity index (χ0n) is 10.8. The molecular weight excluding hydrogens is 285 g/mol. The summed E-state index contributed by atoms with van der Waals surface area (Å²) in [5.74, 6) is 5.23. The molecule has 2 rings (SSSR count). The summed E-state index contributed by atoms with van der Waals surface area (Å²) in [6.07, 6.45) is 0.443. The molecule has 0 saturated carbocycles. The standard InChI is InChI=1S/C13H13F3N4O/c14-13(15,16)21-11-3-1-9(2-4-11)5-12(20-17)10-6-18-8-19-7-10/h1-4,6-8,12,20H,5,17H2. The Morgan fingerprint density at radius 3 is 2.29 bits per heavy atom. The van der Waals surface area contributed by atoms with E-state index in [9.17, 15) is 13.2 Å². The first-order valence-electron chi connectivity index (χ1n) is 6.03. The van der Waals surface area contributed by atoms with Gasteiger partial charge in [-0.3, -0.25) is 11.3 Å². The van der Waals surface area contributed by atoms with Crippen molar-refractivity contribution in [1.82, 2.24) is 15.4 Å². The Balaban J connectivity index is 2.05. The lowest BCUT2D eigenvalue weighted by atomic mass is 10.0. The first-order valence-corrected chi connectivity index (χ1v) is 6.03. The zero-order chi connectivity index (χ0) is 15.3. The highest BCUT2D eigenvalue weighted by molar-refractivity contribution is 5.29. The zero-order valence-corrected chi connectivity index (χ0v) is 10.8. The fourth-order valence-corrected chi connectivity index (χ4v) is 1.83. The molecule has 0 aliphatic heterocycles. The van der Waals surface area contributed by atoms with Crippen LogP contribution < -0.4 is 16.0 Å². The smallest absolute Gasteiger partial charge is 0.406 e. The quantitative estimate of drug-likeness (QED) is 0.653. The van der Waals surface area contributed by atoms with E-state index in [1.54, 1.807) is 24.5 Å². The molecule has 1 unspecified atom stereocenters. The molecule has 5 nitrogen and oxygen atoms in total. The lowest BCUT2D eigenvalue weighted by Gasteiger charge is -2.16. The summed E-state index contributed by atoms with van der Waals surface area (Å²) in [5.41, 5.74) is 4.22.